The van der Waals surface area contributed by atoms with Gasteiger partial charge in [0.1, 0.15) is 5.76 Å². The molecule has 0 aliphatic carbocycles. The zero-order chi connectivity index (χ0) is 14.9. The largest absolute Gasteiger partial charge is 0.480 e. The predicted octanol–water partition coefficient (Wildman–Crippen LogP) is 5.19. The lowest BCUT2D eigenvalue weighted by Gasteiger charge is -2.15. The summed E-state index contributed by atoms with van der Waals surface area (Å²) in [6.45, 7) is 1.71. The van der Waals surface area contributed by atoms with E-state index >= 15 is 0 Å². The van der Waals surface area contributed by atoms with Gasteiger partial charge in [0.2, 0.25) is 5.76 Å². The number of carbonyl (C=O) groups is 1. The van der Waals surface area contributed by atoms with Crippen molar-refractivity contribution >= 4 is 45.1 Å². The first-order valence-electron chi connectivity index (χ1n) is 5.52. The molecule has 20 heavy (non-hydrogen) atoms. The fraction of sp³-hybridized carbons (Fsp3) is 0.154. The second-order valence-corrected chi connectivity index (χ2v) is 5.70. The molecule has 0 aliphatic rings. The minimum atomic E-state index is -1.14. The van der Waals surface area contributed by atoms with Gasteiger partial charge in [-0.3, -0.25) is 0 Å². The molecule has 0 radical (unpaired) electrons. The van der Waals surface area contributed by atoms with Crippen LogP contribution in [0.3, 0.4) is 0 Å². The molecule has 2 rings (SSSR count). The first kappa shape index (κ1) is 15.2. The second kappa shape index (κ2) is 6.08. The molecule has 1 aromatic heterocycles. The number of carboxylic acids is 1. The molecule has 0 fully saturated rings. The highest BCUT2D eigenvalue weighted by atomic mass is 79.9. The highest BCUT2D eigenvalue weighted by Crippen LogP contribution is 2.38. The Labute approximate surface area is 133 Å². The topological polar surface area (TPSA) is 59.7 Å². The first-order valence-corrected chi connectivity index (χ1v) is 7.07. The predicted molar refractivity (Wildman–Crippen MR) is 78.9 cm³/mol. The van der Waals surface area contributed by atoms with Crippen LogP contribution in [0, 0.1) is 0 Å². The van der Waals surface area contributed by atoms with Crippen LogP contribution in [0.5, 0.6) is 5.75 Å². The Balaban J connectivity index is 2.23. The standard InChI is InChI=1S/C13H9BrCl2O4/c1-6(10-2-3-11(20-10)13(17)18)19-12-8(15)4-7(14)5-9(12)16/h2-6H,1H3,(H,17,18). The lowest BCUT2D eigenvalue weighted by molar-refractivity contribution is 0.0655. The third kappa shape index (κ3) is 3.29. The maximum Gasteiger partial charge on any atom is 0.371 e. The van der Waals surface area contributed by atoms with Crippen LogP contribution in [0.4, 0.5) is 0 Å². The van der Waals surface area contributed by atoms with Gasteiger partial charge in [-0.05, 0) is 31.2 Å². The molecule has 1 aromatic carbocycles. The molecule has 0 spiro atoms. The number of furan rings is 1. The molecule has 1 N–H and O–H groups in total. The van der Waals surface area contributed by atoms with Gasteiger partial charge >= 0.3 is 5.97 Å². The fourth-order valence-electron chi connectivity index (χ4n) is 1.56. The summed E-state index contributed by atoms with van der Waals surface area (Å²) < 4.78 is 11.5. The van der Waals surface area contributed by atoms with Gasteiger partial charge in [0.05, 0.1) is 10.0 Å². The van der Waals surface area contributed by atoms with Gasteiger partial charge in [0.25, 0.3) is 0 Å². The number of halogens is 3. The van der Waals surface area contributed by atoms with Crippen molar-refractivity contribution in [1.82, 2.24) is 0 Å². The van der Waals surface area contributed by atoms with Crippen molar-refractivity contribution in [3.63, 3.8) is 0 Å². The monoisotopic (exact) mass is 378 g/mol. The van der Waals surface area contributed by atoms with E-state index in [4.69, 9.17) is 37.5 Å². The van der Waals surface area contributed by atoms with Crippen molar-refractivity contribution < 1.29 is 19.1 Å². The summed E-state index contributed by atoms with van der Waals surface area (Å²) in [5.74, 6) is -0.596. The highest BCUT2D eigenvalue weighted by molar-refractivity contribution is 9.10. The van der Waals surface area contributed by atoms with Crippen molar-refractivity contribution in [1.29, 1.82) is 0 Å². The molecule has 0 saturated carbocycles. The third-order valence-corrected chi connectivity index (χ3v) is 3.52. The van der Waals surface area contributed by atoms with Crippen molar-refractivity contribution in [2.24, 2.45) is 0 Å². The van der Waals surface area contributed by atoms with Crippen LogP contribution in [0.15, 0.2) is 33.2 Å². The summed E-state index contributed by atoms with van der Waals surface area (Å²) in [6, 6.07) is 6.21. The maximum atomic E-state index is 10.8. The van der Waals surface area contributed by atoms with E-state index in [-0.39, 0.29) is 5.76 Å². The van der Waals surface area contributed by atoms with Crippen LogP contribution in [0.1, 0.15) is 29.3 Å². The van der Waals surface area contributed by atoms with Crippen LogP contribution in [-0.2, 0) is 0 Å². The maximum absolute atomic E-state index is 10.8. The number of rotatable bonds is 4. The Morgan fingerprint density at radius 1 is 1.35 bits per heavy atom. The van der Waals surface area contributed by atoms with Crippen LogP contribution < -0.4 is 4.74 Å². The van der Waals surface area contributed by atoms with E-state index in [1.165, 1.54) is 12.1 Å². The van der Waals surface area contributed by atoms with E-state index < -0.39 is 12.1 Å². The van der Waals surface area contributed by atoms with Gasteiger partial charge in [-0.1, -0.05) is 39.1 Å². The van der Waals surface area contributed by atoms with Gasteiger partial charge in [0, 0.05) is 4.47 Å². The molecule has 106 valence electrons. The average Bonchev–Trinajstić information content (AvgIpc) is 2.83. The lowest BCUT2D eigenvalue weighted by Crippen LogP contribution is -2.03. The Hall–Kier alpha value is -1.17. The zero-order valence-corrected chi connectivity index (χ0v) is 13.3. The van der Waals surface area contributed by atoms with E-state index in [0.29, 0.717) is 21.6 Å². The van der Waals surface area contributed by atoms with Crippen molar-refractivity contribution in [3.05, 3.63) is 50.3 Å². The smallest absolute Gasteiger partial charge is 0.371 e. The Kier molecular flexibility index (Phi) is 4.62. The molecule has 1 heterocycles. The molecule has 0 amide bonds. The molecule has 0 bridgehead atoms. The summed E-state index contributed by atoms with van der Waals surface area (Å²) in [4.78, 5) is 10.8. The highest BCUT2D eigenvalue weighted by Gasteiger charge is 2.18. The summed E-state index contributed by atoms with van der Waals surface area (Å²) in [5, 5.41) is 9.50. The fourth-order valence-corrected chi connectivity index (χ4v) is 2.86. The van der Waals surface area contributed by atoms with Crippen molar-refractivity contribution in [2.75, 3.05) is 0 Å². The normalized spacial score (nSPS) is 12.2. The molecular formula is C13H9BrCl2O4. The third-order valence-electron chi connectivity index (χ3n) is 2.50. The zero-order valence-electron chi connectivity index (χ0n) is 10.2. The molecule has 4 nitrogen and oxygen atoms in total. The Morgan fingerprint density at radius 3 is 2.45 bits per heavy atom. The molecule has 1 atom stereocenters. The molecular weight excluding hydrogens is 371 g/mol. The average molecular weight is 380 g/mol. The van der Waals surface area contributed by atoms with Crippen LogP contribution in [-0.4, -0.2) is 11.1 Å². The van der Waals surface area contributed by atoms with E-state index in [0.717, 1.165) is 4.47 Å². The Morgan fingerprint density at radius 2 is 1.95 bits per heavy atom. The van der Waals surface area contributed by atoms with Gasteiger partial charge in [-0.2, -0.15) is 0 Å². The van der Waals surface area contributed by atoms with Gasteiger partial charge in [-0.25, -0.2) is 4.79 Å². The minimum absolute atomic E-state index is 0.150. The van der Waals surface area contributed by atoms with Crippen molar-refractivity contribution in [2.45, 2.75) is 13.0 Å². The van der Waals surface area contributed by atoms with Gasteiger partial charge < -0.3 is 14.3 Å². The summed E-state index contributed by atoms with van der Waals surface area (Å²) in [5.41, 5.74) is 0. The molecule has 0 aliphatic heterocycles. The first-order chi connectivity index (χ1) is 9.38. The number of benzene rings is 1. The number of aromatic carboxylic acids is 1. The van der Waals surface area contributed by atoms with E-state index in [2.05, 4.69) is 15.9 Å². The van der Waals surface area contributed by atoms with Crippen molar-refractivity contribution in [3.8, 4) is 5.75 Å². The van der Waals surface area contributed by atoms with Crippen LogP contribution >= 0.6 is 39.1 Å². The van der Waals surface area contributed by atoms with E-state index in [9.17, 15) is 4.79 Å². The molecule has 1 unspecified atom stereocenters. The summed E-state index contributed by atoms with van der Waals surface area (Å²) in [6.07, 6.45) is -0.528. The summed E-state index contributed by atoms with van der Waals surface area (Å²) >= 11 is 15.4. The molecule has 0 saturated heterocycles. The van der Waals surface area contributed by atoms with Gasteiger partial charge in [0.15, 0.2) is 11.9 Å². The SMILES string of the molecule is CC(Oc1c(Cl)cc(Br)cc1Cl)c1ccc(C(=O)O)o1. The lowest BCUT2D eigenvalue weighted by atomic mass is 10.3. The second-order valence-electron chi connectivity index (χ2n) is 3.97. The minimum Gasteiger partial charge on any atom is -0.480 e. The number of hydrogen-bond acceptors (Lipinski definition) is 3. The van der Waals surface area contributed by atoms with Gasteiger partial charge in [-0.15, -0.1) is 0 Å². The number of hydrogen-bond donors (Lipinski definition) is 1. The number of ether oxygens (including phenoxy) is 1. The van der Waals surface area contributed by atoms with E-state index in [1.807, 2.05) is 0 Å². The molecule has 7 heteroatoms. The van der Waals surface area contributed by atoms with E-state index in [1.54, 1.807) is 19.1 Å². The van der Waals surface area contributed by atoms with Crippen LogP contribution in [0.2, 0.25) is 10.0 Å². The summed E-state index contributed by atoms with van der Waals surface area (Å²) in [7, 11) is 0. The quantitative estimate of drug-likeness (QED) is 0.794. The molecule has 2 aromatic rings. The van der Waals surface area contributed by atoms with Crippen LogP contribution in [0.25, 0.3) is 0 Å². The number of carboxylic acid groups (broad SMARTS) is 1. The Bertz CT molecular complexity index is 631.